The van der Waals surface area contributed by atoms with Crippen LogP contribution < -0.4 is 10.1 Å². The summed E-state index contributed by atoms with van der Waals surface area (Å²) in [6.07, 6.45) is 1.29. The second-order valence-electron chi connectivity index (χ2n) is 6.35. The van der Waals surface area contributed by atoms with Crippen molar-refractivity contribution < 1.29 is 19.1 Å². The fourth-order valence-electron chi connectivity index (χ4n) is 2.97. The quantitative estimate of drug-likeness (QED) is 0.706. The molecular weight excluding hydrogens is 364 g/mol. The Morgan fingerprint density at radius 1 is 1.22 bits per heavy atom. The highest BCUT2D eigenvalue weighted by molar-refractivity contribution is 7.10. The first-order valence-corrected chi connectivity index (χ1v) is 9.88. The van der Waals surface area contributed by atoms with E-state index in [0.29, 0.717) is 31.2 Å². The van der Waals surface area contributed by atoms with Crippen molar-refractivity contribution in [3.63, 3.8) is 0 Å². The molecule has 2 amide bonds. The van der Waals surface area contributed by atoms with E-state index in [1.165, 1.54) is 10.4 Å². The van der Waals surface area contributed by atoms with Gasteiger partial charge in [0.15, 0.2) is 0 Å². The van der Waals surface area contributed by atoms with Crippen LogP contribution in [0.4, 0.5) is 5.69 Å². The van der Waals surface area contributed by atoms with Crippen LogP contribution in [0.25, 0.3) is 0 Å². The van der Waals surface area contributed by atoms with E-state index >= 15 is 0 Å². The number of hydrogen-bond acceptors (Lipinski definition) is 5. The zero-order valence-corrected chi connectivity index (χ0v) is 16.2. The van der Waals surface area contributed by atoms with Crippen molar-refractivity contribution in [2.75, 3.05) is 32.2 Å². The summed E-state index contributed by atoms with van der Waals surface area (Å²) in [5, 5.41) is 4.89. The van der Waals surface area contributed by atoms with Gasteiger partial charge in [-0.1, -0.05) is 6.07 Å². The molecule has 0 unspecified atom stereocenters. The van der Waals surface area contributed by atoms with Crippen LogP contribution in [-0.4, -0.2) is 43.6 Å². The molecule has 0 saturated heterocycles. The Bertz CT molecular complexity index is 790. The molecule has 0 fully saturated rings. The smallest absolute Gasteiger partial charge is 0.224 e. The van der Waals surface area contributed by atoms with Gasteiger partial charge in [-0.2, -0.15) is 0 Å². The monoisotopic (exact) mass is 388 g/mol. The Kier molecular flexibility index (Phi) is 6.84. The minimum atomic E-state index is -0.175. The first-order valence-electron chi connectivity index (χ1n) is 9.00. The predicted octanol–water partition coefficient (Wildman–Crippen LogP) is 3.08. The zero-order valence-electron chi connectivity index (χ0n) is 15.4. The highest BCUT2D eigenvalue weighted by Gasteiger charge is 2.21. The van der Waals surface area contributed by atoms with Gasteiger partial charge >= 0.3 is 0 Å². The summed E-state index contributed by atoms with van der Waals surface area (Å²) >= 11 is 1.75. The number of thiophene rings is 1. The number of carbonyl (C=O) groups is 2. The van der Waals surface area contributed by atoms with Crippen LogP contribution in [0, 0.1) is 0 Å². The lowest BCUT2D eigenvalue weighted by Crippen LogP contribution is -2.35. The third-order valence-electron chi connectivity index (χ3n) is 4.40. The van der Waals surface area contributed by atoms with E-state index in [1.807, 2.05) is 17.0 Å². The molecule has 2 aromatic rings. The number of anilines is 1. The molecule has 1 N–H and O–H groups in total. The van der Waals surface area contributed by atoms with Crippen LogP contribution in [0.3, 0.4) is 0 Å². The topological polar surface area (TPSA) is 67.9 Å². The third-order valence-corrected chi connectivity index (χ3v) is 5.42. The summed E-state index contributed by atoms with van der Waals surface area (Å²) in [7, 11) is 1.62. The molecule has 0 bridgehead atoms. The highest BCUT2D eigenvalue weighted by atomic mass is 32.1. The van der Waals surface area contributed by atoms with E-state index in [4.69, 9.17) is 9.47 Å². The van der Waals surface area contributed by atoms with Crippen LogP contribution >= 0.6 is 11.3 Å². The number of nitrogens with zero attached hydrogens (tertiary/aromatic N) is 1. The first kappa shape index (κ1) is 19.4. The standard InChI is InChI=1S/C20H24N2O4S/c1-25-10-11-26-17-4-2-3-16(13-17)21-19(23)5-6-20(24)22-9-7-18-15(14-22)8-12-27-18/h2-4,8,12-13H,5-7,9-11,14H2,1H3,(H,21,23). The van der Waals surface area contributed by atoms with Crippen molar-refractivity contribution in [3.8, 4) is 5.75 Å². The van der Waals surface area contributed by atoms with Gasteiger partial charge in [0.05, 0.1) is 6.61 Å². The lowest BCUT2D eigenvalue weighted by Gasteiger charge is -2.27. The summed E-state index contributed by atoms with van der Waals surface area (Å²) in [4.78, 5) is 27.8. The summed E-state index contributed by atoms with van der Waals surface area (Å²) in [6, 6.07) is 9.27. The van der Waals surface area contributed by atoms with Crippen molar-refractivity contribution >= 4 is 28.8 Å². The maximum Gasteiger partial charge on any atom is 0.224 e. The van der Waals surface area contributed by atoms with E-state index in [-0.39, 0.29) is 24.7 Å². The van der Waals surface area contributed by atoms with Crippen molar-refractivity contribution in [2.45, 2.75) is 25.8 Å². The Labute approximate surface area is 163 Å². The number of benzene rings is 1. The summed E-state index contributed by atoms with van der Waals surface area (Å²) < 4.78 is 10.5. The van der Waals surface area contributed by atoms with Crippen LogP contribution in [0.5, 0.6) is 5.75 Å². The average Bonchev–Trinajstić information content (AvgIpc) is 3.14. The average molecular weight is 388 g/mol. The lowest BCUT2D eigenvalue weighted by atomic mass is 10.1. The molecule has 27 heavy (non-hydrogen) atoms. The number of rotatable bonds is 8. The number of hydrogen-bond donors (Lipinski definition) is 1. The number of ether oxygens (including phenoxy) is 2. The van der Waals surface area contributed by atoms with Gasteiger partial charge in [0.25, 0.3) is 0 Å². The van der Waals surface area contributed by atoms with Crippen molar-refractivity contribution in [1.29, 1.82) is 0 Å². The SMILES string of the molecule is COCCOc1cccc(NC(=O)CCC(=O)N2CCc3sccc3C2)c1. The van der Waals surface area contributed by atoms with E-state index < -0.39 is 0 Å². The van der Waals surface area contributed by atoms with Crippen molar-refractivity contribution in [2.24, 2.45) is 0 Å². The van der Waals surface area contributed by atoms with Gasteiger partial charge in [-0.05, 0) is 35.6 Å². The largest absolute Gasteiger partial charge is 0.491 e. The molecule has 3 rings (SSSR count). The molecule has 144 valence electrons. The normalized spacial score (nSPS) is 13.1. The molecule has 1 aliphatic heterocycles. The Balaban J connectivity index is 1.44. The van der Waals surface area contributed by atoms with Gasteiger partial charge in [-0.25, -0.2) is 0 Å². The van der Waals surface area contributed by atoms with Crippen LogP contribution in [0.15, 0.2) is 35.7 Å². The lowest BCUT2D eigenvalue weighted by molar-refractivity contribution is -0.133. The zero-order chi connectivity index (χ0) is 19.1. The van der Waals surface area contributed by atoms with Crippen LogP contribution in [-0.2, 0) is 27.3 Å². The highest BCUT2D eigenvalue weighted by Crippen LogP contribution is 2.24. The van der Waals surface area contributed by atoms with Gasteiger partial charge in [-0.3, -0.25) is 9.59 Å². The first-order chi connectivity index (χ1) is 13.2. The van der Waals surface area contributed by atoms with Gasteiger partial charge in [0.1, 0.15) is 12.4 Å². The van der Waals surface area contributed by atoms with Crippen molar-refractivity contribution in [3.05, 3.63) is 46.2 Å². The molecule has 6 nitrogen and oxygen atoms in total. The molecule has 1 aliphatic rings. The van der Waals surface area contributed by atoms with Gasteiger partial charge < -0.3 is 19.7 Å². The number of nitrogens with one attached hydrogen (secondary N) is 1. The number of fused-ring (bicyclic) bond motifs is 1. The molecule has 0 saturated carbocycles. The Hall–Kier alpha value is -2.38. The summed E-state index contributed by atoms with van der Waals surface area (Å²) in [5.41, 5.74) is 1.89. The fourth-order valence-corrected chi connectivity index (χ4v) is 3.86. The molecule has 2 heterocycles. The molecule has 0 radical (unpaired) electrons. The van der Waals surface area contributed by atoms with Crippen molar-refractivity contribution in [1.82, 2.24) is 4.90 Å². The second kappa shape index (κ2) is 9.53. The van der Waals surface area contributed by atoms with Gasteiger partial charge in [0, 0.05) is 49.7 Å². The minimum absolute atomic E-state index is 0.0265. The van der Waals surface area contributed by atoms with Crippen LogP contribution in [0.1, 0.15) is 23.3 Å². The third kappa shape index (κ3) is 5.55. The van der Waals surface area contributed by atoms with E-state index in [1.54, 1.807) is 30.6 Å². The second-order valence-corrected chi connectivity index (χ2v) is 7.35. The molecule has 0 aliphatic carbocycles. The maximum absolute atomic E-state index is 12.4. The van der Waals surface area contributed by atoms with E-state index in [2.05, 4.69) is 16.8 Å². The summed E-state index contributed by atoms with van der Waals surface area (Å²) in [5.74, 6) is 0.519. The Morgan fingerprint density at radius 3 is 2.96 bits per heavy atom. The molecular formula is C20H24N2O4S. The van der Waals surface area contributed by atoms with Gasteiger partial charge in [0.2, 0.25) is 11.8 Å². The molecule has 1 aromatic heterocycles. The molecule has 0 spiro atoms. The van der Waals surface area contributed by atoms with Crippen LogP contribution in [0.2, 0.25) is 0 Å². The maximum atomic E-state index is 12.4. The minimum Gasteiger partial charge on any atom is -0.491 e. The van der Waals surface area contributed by atoms with E-state index in [9.17, 15) is 9.59 Å². The molecule has 0 atom stereocenters. The number of carbonyl (C=O) groups excluding carboxylic acids is 2. The van der Waals surface area contributed by atoms with E-state index in [0.717, 1.165) is 13.0 Å². The number of amides is 2. The molecule has 1 aromatic carbocycles. The molecule has 7 heteroatoms. The fraction of sp³-hybridized carbons (Fsp3) is 0.400. The van der Waals surface area contributed by atoms with Gasteiger partial charge in [-0.15, -0.1) is 11.3 Å². The predicted molar refractivity (Wildman–Crippen MR) is 105 cm³/mol. The summed E-state index contributed by atoms with van der Waals surface area (Å²) in [6.45, 7) is 2.33. The number of methoxy groups -OCH3 is 1. The Morgan fingerprint density at radius 2 is 2.11 bits per heavy atom.